The van der Waals surface area contributed by atoms with Gasteiger partial charge >= 0.3 is 0 Å². The maximum absolute atomic E-state index is 4.51. The minimum Gasteiger partial charge on any atom is -0.354 e. The van der Waals surface area contributed by atoms with Gasteiger partial charge in [0.05, 0.1) is 6.04 Å². The number of hydrogen-bond acceptors (Lipinski definition) is 7. The van der Waals surface area contributed by atoms with Crippen LogP contribution in [0, 0.1) is 13.8 Å². The molecule has 0 N–H and O–H groups in total. The molecule has 4 rings (SSSR count). The molecule has 0 aliphatic carbocycles. The molecule has 1 aliphatic rings. The van der Waals surface area contributed by atoms with E-state index in [0.29, 0.717) is 11.8 Å². The fourth-order valence-electron chi connectivity index (χ4n) is 3.30. The molecular weight excluding hydrogens is 322 g/mol. The van der Waals surface area contributed by atoms with Crippen LogP contribution in [0.25, 0.3) is 5.78 Å². The lowest BCUT2D eigenvalue weighted by atomic mass is 10.2. The summed E-state index contributed by atoms with van der Waals surface area (Å²) in [6.45, 7) is 10.4. The molecule has 24 heavy (non-hydrogen) atoms. The van der Waals surface area contributed by atoms with Crippen molar-refractivity contribution in [1.29, 1.82) is 0 Å². The van der Waals surface area contributed by atoms with Gasteiger partial charge in [-0.2, -0.15) is 14.6 Å². The van der Waals surface area contributed by atoms with Gasteiger partial charge in [-0.1, -0.05) is 0 Å². The summed E-state index contributed by atoms with van der Waals surface area (Å²) in [5.74, 6) is 1.79. The molecule has 1 fully saturated rings. The van der Waals surface area contributed by atoms with Crippen molar-refractivity contribution in [3.05, 3.63) is 34.2 Å². The predicted molar refractivity (Wildman–Crippen MR) is 94.6 cm³/mol. The van der Waals surface area contributed by atoms with Crippen molar-refractivity contribution in [3.63, 3.8) is 0 Å². The van der Waals surface area contributed by atoms with Crippen LogP contribution in [0.15, 0.2) is 17.9 Å². The minimum absolute atomic E-state index is 0.374. The van der Waals surface area contributed by atoms with E-state index >= 15 is 0 Å². The molecule has 1 aliphatic heterocycles. The van der Waals surface area contributed by atoms with Crippen LogP contribution in [0.5, 0.6) is 0 Å². The second-order valence-corrected chi connectivity index (χ2v) is 7.11. The fraction of sp³-hybridized carbons (Fsp3) is 0.500. The quantitative estimate of drug-likeness (QED) is 0.726. The normalized spacial score (nSPS) is 17.5. The highest BCUT2D eigenvalue weighted by Crippen LogP contribution is 2.27. The van der Waals surface area contributed by atoms with Crippen molar-refractivity contribution in [2.45, 2.75) is 26.8 Å². The first kappa shape index (κ1) is 15.5. The number of rotatable bonds is 3. The smallest absolute Gasteiger partial charge is 0.254 e. The maximum Gasteiger partial charge on any atom is 0.254 e. The molecule has 1 saturated heterocycles. The first-order chi connectivity index (χ1) is 11.6. The predicted octanol–water partition coefficient (Wildman–Crippen LogP) is 2.08. The highest BCUT2D eigenvalue weighted by atomic mass is 32.1. The second-order valence-electron chi connectivity index (χ2n) is 6.19. The molecule has 3 aromatic rings. The van der Waals surface area contributed by atoms with E-state index < -0.39 is 0 Å². The molecule has 8 heteroatoms. The van der Waals surface area contributed by atoms with Crippen LogP contribution in [0.4, 0.5) is 5.82 Å². The van der Waals surface area contributed by atoms with Crippen LogP contribution in [-0.2, 0) is 0 Å². The van der Waals surface area contributed by atoms with Gasteiger partial charge in [0.1, 0.15) is 17.2 Å². The lowest BCUT2D eigenvalue weighted by molar-refractivity contribution is 0.197. The molecule has 7 nitrogen and oxygen atoms in total. The van der Waals surface area contributed by atoms with Gasteiger partial charge < -0.3 is 4.90 Å². The van der Waals surface area contributed by atoms with E-state index in [2.05, 4.69) is 43.7 Å². The molecule has 0 spiro atoms. The molecule has 0 aromatic carbocycles. The monoisotopic (exact) mass is 343 g/mol. The number of aromatic nitrogens is 5. The van der Waals surface area contributed by atoms with Crippen LogP contribution < -0.4 is 4.90 Å². The summed E-state index contributed by atoms with van der Waals surface area (Å²) in [5, 5.41) is 7.61. The number of hydrogen-bond donors (Lipinski definition) is 0. The summed E-state index contributed by atoms with van der Waals surface area (Å²) in [5.41, 5.74) is 2.19. The maximum atomic E-state index is 4.51. The number of anilines is 1. The molecule has 0 radical (unpaired) electrons. The second kappa shape index (κ2) is 6.10. The van der Waals surface area contributed by atoms with E-state index in [9.17, 15) is 0 Å². The number of piperazine rings is 1. The zero-order valence-electron chi connectivity index (χ0n) is 14.2. The number of thiazole rings is 1. The van der Waals surface area contributed by atoms with Gasteiger partial charge in [0.15, 0.2) is 0 Å². The van der Waals surface area contributed by atoms with Crippen molar-refractivity contribution in [3.8, 4) is 0 Å². The van der Waals surface area contributed by atoms with Crippen molar-refractivity contribution in [2.24, 2.45) is 0 Å². The lowest BCUT2D eigenvalue weighted by Gasteiger charge is -2.38. The molecule has 1 unspecified atom stereocenters. The van der Waals surface area contributed by atoms with Gasteiger partial charge in [0.25, 0.3) is 5.78 Å². The van der Waals surface area contributed by atoms with Crippen molar-refractivity contribution in [1.82, 2.24) is 29.5 Å². The van der Waals surface area contributed by atoms with E-state index in [-0.39, 0.29) is 0 Å². The Kier molecular flexibility index (Phi) is 3.93. The number of fused-ring (bicyclic) bond motifs is 1. The summed E-state index contributed by atoms with van der Waals surface area (Å²) in [7, 11) is 0. The van der Waals surface area contributed by atoms with Gasteiger partial charge in [-0.15, -0.1) is 11.3 Å². The van der Waals surface area contributed by atoms with Crippen LogP contribution in [0.1, 0.15) is 29.2 Å². The Hall–Kier alpha value is -2.06. The highest BCUT2D eigenvalue weighted by Gasteiger charge is 2.26. The summed E-state index contributed by atoms with van der Waals surface area (Å²) < 4.78 is 1.86. The third kappa shape index (κ3) is 2.55. The summed E-state index contributed by atoms with van der Waals surface area (Å²) in [4.78, 5) is 18.1. The number of aryl methyl sites for hydroxylation is 1. The summed E-state index contributed by atoms with van der Waals surface area (Å²) in [6.07, 6.45) is 3.46. The van der Waals surface area contributed by atoms with Crippen LogP contribution in [-0.4, -0.2) is 55.6 Å². The SMILES string of the molecule is Cc1nc2ncnn2c(N2CCN(C(C)c3nccs3)CC2)c1C. The topological polar surface area (TPSA) is 62.5 Å². The van der Waals surface area contributed by atoms with Crippen LogP contribution in [0.3, 0.4) is 0 Å². The lowest BCUT2D eigenvalue weighted by Crippen LogP contribution is -2.48. The highest BCUT2D eigenvalue weighted by molar-refractivity contribution is 7.09. The molecular formula is C16H21N7S. The van der Waals surface area contributed by atoms with E-state index in [1.807, 2.05) is 23.0 Å². The molecule has 3 aromatic heterocycles. The van der Waals surface area contributed by atoms with Gasteiger partial charge in [0.2, 0.25) is 0 Å². The van der Waals surface area contributed by atoms with E-state index in [4.69, 9.17) is 0 Å². The molecule has 0 amide bonds. The van der Waals surface area contributed by atoms with Crippen LogP contribution in [0.2, 0.25) is 0 Å². The average molecular weight is 343 g/mol. The Labute approximate surface area is 145 Å². The van der Waals surface area contributed by atoms with Gasteiger partial charge in [-0.05, 0) is 20.8 Å². The molecule has 0 bridgehead atoms. The van der Waals surface area contributed by atoms with E-state index in [1.165, 1.54) is 10.6 Å². The minimum atomic E-state index is 0.374. The first-order valence-corrected chi connectivity index (χ1v) is 9.08. The average Bonchev–Trinajstić information content (AvgIpc) is 3.27. The standard InChI is InChI=1S/C16H21N7S/c1-11-12(2)20-16-18-10-19-23(16)15(11)22-7-5-21(6-8-22)13(3)14-17-4-9-24-14/h4,9-10,13H,5-8H2,1-3H3. The van der Waals surface area contributed by atoms with E-state index in [1.54, 1.807) is 17.7 Å². The third-order valence-corrected chi connectivity index (χ3v) is 5.79. The zero-order chi connectivity index (χ0) is 16.7. The summed E-state index contributed by atoms with van der Waals surface area (Å²) >= 11 is 1.73. The Balaban J connectivity index is 1.56. The van der Waals surface area contributed by atoms with E-state index in [0.717, 1.165) is 37.7 Å². The Morgan fingerprint density at radius 1 is 1.12 bits per heavy atom. The molecule has 126 valence electrons. The van der Waals surface area contributed by atoms with Crippen molar-refractivity contribution >= 4 is 22.9 Å². The number of nitrogens with zero attached hydrogens (tertiary/aromatic N) is 7. The molecule has 1 atom stereocenters. The molecule has 4 heterocycles. The largest absolute Gasteiger partial charge is 0.354 e. The zero-order valence-corrected chi connectivity index (χ0v) is 15.0. The fourth-order valence-corrected chi connectivity index (χ4v) is 4.03. The molecule has 0 saturated carbocycles. The third-order valence-electron chi connectivity index (χ3n) is 4.85. The van der Waals surface area contributed by atoms with Gasteiger partial charge in [-0.25, -0.2) is 9.97 Å². The summed E-state index contributed by atoms with van der Waals surface area (Å²) in [6, 6.07) is 0.374. The van der Waals surface area contributed by atoms with Crippen LogP contribution >= 0.6 is 11.3 Å². The van der Waals surface area contributed by atoms with Gasteiger partial charge in [-0.3, -0.25) is 4.90 Å². The Bertz CT molecular complexity index is 834. The van der Waals surface area contributed by atoms with Crippen molar-refractivity contribution in [2.75, 3.05) is 31.1 Å². The van der Waals surface area contributed by atoms with Gasteiger partial charge in [0, 0.05) is 49.0 Å². The van der Waals surface area contributed by atoms with Crippen molar-refractivity contribution < 1.29 is 0 Å². The Morgan fingerprint density at radius 3 is 2.62 bits per heavy atom. The Morgan fingerprint density at radius 2 is 1.92 bits per heavy atom. The first-order valence-electron chi connectivity index (χ1n) is 8.20.